The lowest BCUT2D eigenvalue weighted by atomic mass is 10.1. The van der Waals surface area contributed by atoms with Crippen molar-refractivity contribution >= 4 is 57.6 Å². The van der Waals surface area contributed by atoms with E-state index >= 15 is 0 Å². The van der Waals surface area contributed by atoms with Gasteiger partial charge in [-0.1, -0.05) is 65.9 Å². The lowest BCUT2D eigenvalue weighted by Crippen LogP contribution is -2.28. The number of benzene rings is 3. The Hall–Kier alpha value is -2.80. The van der Waals surface area contributed by atoms with Gasteiger partial charge in [0.2, 0.25) is 0 Å². The van der Waals surface area contributed by atoms with Gasteiger partial charge in [0.25, 0.3) is 5.91 Å². The molecular formula is C26H22ClNO3S2. The Morgan fingerprint density at radius 1 is 1.03 bits per heavy atom. The molecule has 4 nitrogen and oxygen atoms in total. The fourth-order valence-corrected chi connectivity index (χ4v) is 4.83. The number of halogens is 1. The topological polar surface area (TPSA) is 38.8 Å². The van der Waals surface area contributed by atoms with Gasteiger partial charge in [0.05, 0.1) is 17.7 Å². The van der Waals surface area contributed by atoms with Crippen LogP contribution in [0.4, 0.5) is 5.69 Å². The lowest BCUT2D eigenvalue weighted by Gasteiger charge is -2.17. The molecule has 0 spiro atoms. The number of hydrogen-bond acceptors (Lipinski definition) is 5. The Balaban J connectivity index is 1.55. The maximum atomic E-state index is 13.2. The van der Waals surface area contributed by atoms with Crippen molar-refractivity contribution in [3.63, 3.8) is 0 Å². The Labute approximate surface area is 208 Å². The van der Waals surface area contributed by atoms with E-state index in [1.54, 1.807) is 12.0 Å². The van der Waals surface area contributed by atoms with E-state index < -0.39 is 0 Å². The fourth-order valence-electron chi connectivity index (χ4n) is 3.42. The predicted octanol–water partition coefficient (Wildman–Crippen LogP) is 6.95. The number of thiocarbonyl (C=S) groups is 1. The Morgan fingerprint density at radius 2 is 1.79 bits per heavy atom. The molecule has 0 bridgehead atoms. The molecule has 0 radical (unpaired) electrons. The van der Waals surface area contributed by atoms with Gasteiger partial charge in [0.15, 0.2) is 15.8 Å². The monoisotopic (exact) mass is 495 g/mol. The summed E-state index contributed by atoms with van der Waals surface area (Å²) in [6, 6.07) is 19.1. The summed E-state index contributed by atoms with van der Waals surface area (Å²) in [5.41, 5.74) is 4.73. The van der Waals surface area contributed by atoms with Crippen LogP contribution in [0.15, 0.2) is 65.6 Å². The fraction of sp³-hybridized carbons (Fsp3) is 0.154. The third-order valence-corrected chi connectivity index (χ3v) is 6.75. The highest BCUT2D eigenvalue weighted by Gasteiger charge is 2.34. The van der Waals surface area contributed by atoms with Crippen molar-refractivity contribution in [1.29, 1.82) is 0 Å². The van der Waals surface area contributed by atoms with Crippen LogP contribution in [0.1, 0.15) is 22.3 Å². The second-order valence-electron chi connectivity index (χ2n) is 7.63. The Bertz CT molecular complexity index is 1250. The minimum Gasteiger partial charge on any atom is -0.493 e. The number of rotatable bonds is 6. The predicted molar refractivity (Wildman–Crippen MR) is 140 cm³/mol. The van der Waals surface area contributed by atoms with E-state index in [-0.39, 0.29) is 5.91 Å². The maximum Gasteiger partial charge on any atom is 0.270 e. The van der Waals surface area contributed by atoms with Gasteiger partial charge in [-0.2, -0.15) is 0 Å². The smallest absolute Gasteiger partial charge is 0.270 e. The Kier molecular flexibility index (Phi) is 7.08. The summed E-state index contributed by atoms with van der Waals surface area (Å²) in [5, 5.41) is 0.684. The number of amides is 1. The van der Waals surface area contributed by atoms with Gasteiger partial charge in [-0.15, -0.1) is 0 Å². The van der Waals surface area contributed by atoms with Gasteiger partial charge in [0.1, 0.15) is 6.61 Å². The molecule has 4 rings (SSSR count). The van der Waals surface area contributed by atoms with Crippen LogP contribution in [0.5, 0.6) is 11.5 Å². The molecule has 1 aliphatic rings. The molecule has 0 unspecified atom stereocenters. The van der Waals surface area contributed by atoms with Crippen LogP contribution in [0, 0.1) is 13.8 Å². The van der Waals surface area contributed by atoms with E-state index in [1.807, 2.05) is 80.6 Å². The number of nitrogens with zero attached hydrogens (tertiary/aromatic N) is 1. The summed E-state index contributed by atoms with van der Waals surface area (Å²) >= 11 is 12.8. The third kappa shape index (κ3) is 5.24. The molecule has 1 heterocycles. The van der Waals surface area contributed by atoms with Gasteiger partial charge in [0, 0.05) is 5.02 Å². The average molecular weight is 496 g/mol. The quantitative estimate of drug-likeness (QED) is 0.273. The van der Waals surface area contributed by atoms with Crippen molar-refractivity contribution in [2.75, 3.05) is 12.0 Å². The van der Waals surface area contributed by atoms with Gasteiger partial charge in [-0.25, -0.2) is 0 Å². The number of ether oxygens (including phenoxy) is 2. The number of carbonyl (C=O) groups excluding carboxylic acids is 1. The number of aryl methyl sites for hydroxylation is 2. The van der Waals surface area contributed by atoms with Crippen LogP contribution in [0.25, 0.3) is 6.08 Å². The summed E-state index contributed by atoms with van der Waals surface area (Å²) in [4.78, 5) is 15.3. The largest absolute Gasteiger partial charge is 0.493 e. The number of anilines is 1. The van der Waals surface area contributed by atoms with Crippen molar-refractivity contribution in [1.82, 2.24) is 0 Å². The van der Waals surface area contributed by atoms with E-state index in [9.17, 15) is 4.79 Å². The zero-order valence-electron chi connectivity index (χ0n) is 18.4. The summed E-state index contributed by atoms with van der Waals surface area (Å²) in [6.45, 7) is 4.37. The normalized spacial score (nSPS) is 14.8. The first-order chi connectivity index (χ1) is 15.9. The molecule has 3 aromatic rings. The SMILES string of the molecule is COc1cc(/C=C2\SC(=S)N(c3cc(C)ccc3C)C2=O)ccc1OCc1ccc(Cl)cc1. The summed E-state index contributed by atoms with van der Waals surface area (Å²) in [7, 11) is 1.59. The molecule has 1 saturated heterocycles. The number of thioether (sulfide) groups is 1. The van der Waals surface area contributed by atoms with E-state index in [0.717, 1.165) is 27.9 Å². The van der Waals surface area contributed by atoms with Crippen molar-refractivity contribution in [3.05, 3.63) is 92.8 Å². The summed E-state index contributed by atoms with van der Waals surface area (Å²) in [6.07, 6.45) is 1.83. The Morgan fingerprint density at radius 3 is 2.52 bits per heavy atom. The molecule has 33 heavy (non-hydrogen) atoms. The number of methoxy groups -OCH3 is 1. The van der Waals surface area contributed by atoms with Crippen LogP contribution < -0.4 is 14.4 Å². The highest BCUT2D eigenvalue weighted by atomic mass is 35.5. The van der Waals surface area contributed by atoms with E-state index in [1.165, 1.54) is 11.8 Å². The highest BCUT2D eigenvalue weighted by Crippen LogP contribution is 2.38. The molecule has 1 aliphatic heterocycles. The lowest BCUT2D eigenvalue weighted by molar-refractivity contribution is -0.113. The van der Waals surface area contributed by atoms with Crippen LogP contribution in [0.2, 0.25) is 5.02 Å². The third-order valence-electron chi connectivity index (χ3n) is 5.19. The van der Waals surface area contributed by atoms with Crippen molar-refractivity contribution in [3.8, 4) is 11.5 Å². The molecule has 0 aromatic heterocycles. The van der Waals surface area contributed by atoms with Crippen molar-refractivity contribution in [2.24, 2.45) is 0 Å². The first kappa shape index (κ1) is 23.4. The molecule has 3 aromatic carbocycles. The number of hydrogen-bond donors (Lipinski definition) is 0. The second-order valence-corrected chi connectivity index (χ2v) is 9.74. The molecule has 0 saturated carbocycles. The van der Waals surface area contributed by atoms with Crippen LogP contribution in [0.3, 0.4) is 0 Å². The second kappa shape index (κ2) is 10.00. The van der Waals surface area contributed by atoms with E-state index in [0.29, 0.717) is 32.4 Å². The molecule has 1 amide bonds. The molecular weight excluding hydrogens is 474 g/mol. The molecule has 0 N–H and O–H groups in total. The van der Waals surface area contributed by atoms with Crippen LogP contribution in [-0.4, -0.2) is 17.3 Å². The summed E-state index contributed by atoms with van der Waals surface area (Å²) < 4.78 is 12.0. The molecule has 168 valence electrons. The van der Waals surface area contributed by atoms with Gasteiger partial charge >= 0.3 is 0 Å². The summed E-state index contributed by atoms with van der Waals surface area (Å²) in [5.74, 6) is 1.08. The van der Waals surface area contributed by atoms with E-state index in [2.05, 4.69) is 0 Å². The number of carbonyl (C=O) groups is 1. The maximum absolute atomic E-state index is 13.2. The van der Waals surface area contributed by atoms with Gasteiger partial charge < -0.3 is 9.47 Å². The molecule has 0 aliphatic carbocycles. The van der Waals surface area contributed by atoms with Crippen LogP contribution >= 0.6 is 35.6 Å². The first-order valence-corrected chi connectivity index (χ1v) is 11.9. The minimum absolute atomic E-state index is 0.124. The molecule has 0 atom stereocenters. The van der Waals surface area contributed by atoms with Crippen LogP contribution in [-0.2, 0) is 11.4 Å². The molecule has 1 fully saturated rings. The minimum atomic E-state index is -0.124. The van der Waals surface area contributed by atoms with Gasteiger partial charge in [-0.3, -0.25) is 9.69 Å². The first-order valence-electron chi connectivity index (χ1n) is 10.3. The van der Waals surface area contributed by atoms with Crippen molar-refractivity contribution < 1.29 is 14.3 Å². The van der Waals surface area contributed by atoms with Gasteiger partial charge in [-0.05, 0) is 72.5 Å². The highest BCUT2D eigenvalue weighted by molar-refractivity contribution is 8.27. The van der Waals surface area contributed by atoms with E-state index in [4.69, 9.17) is 33.3 Å². The standard InChI is InChI=1S/C26H22ClNO3S2/c1-16-4-5-17(2)21(12-16)28-25(29)24(33-26(28)32)14-19-8-11-22(23(13-19)30-3)31-15-18-6-9-20(27)10-7-18/h4-14H,15H2,1-3H3/b24-14-. The zero-order valence-corrected chi connectivity index (χ0v) is 20.8. The average Bonchev–Trinajstić information content (AvgIpc) is 3.08. The van der Waals surface area contributed by atoms with Crippen molar-refractivity contribution in [2.45, 2.75) is 20.5 Å². The molecule has 7 heteroatoms. The zero-order chi connectivity index (χ0) is 23.5.